The normalized spacial score (nSPS) is 10.6. The second-order valence-electron chi connectivity index (χ2n) is 3.64. The molecule has 0 saturated carbocycles. The van der Waals surface area contributed by atoms with Gasteiger partial charge in [0, 0.05) is 13.0 Å². The molecule has 0 radical (unpaired) electrons. The van der Waals surface area contributed by atoms with Crippen LogP contribution in [0.5, 0.6) is 0 Å². The second kappa shape index (κ2) is 7.63. The van der Waals surface area contributed by atoms with Crippen LogP contribution in [0.2, 0.25) is 0 Å². The van der Waals surface area contributed by atoms with Crippen LogP contribution in [0.25, 0.3) is 0 Å². The average Bonchev–Trinajstić information content (AvgIpc) is 2.69. The molecule has 1 rings (SSSR count). The molecule has 0 amide bonds. The van der Waals surface area contributed by atoms with Crippen LogP contribution in [0.15, 0.2) is 22.8 Å². The van der Waals surface area contributed by atoms with Crippen molar-refractivity contribution in [3.05, 3.63) is 24.2 Å². The predicted octanol–water partition coefficient (Wildman–Crippen LogP) is 2.99. The Bertz CT molecular complexity index is 206. The van der Waals surface area contributed by atoms with Crippen molar-refractivity contribution in [2.45, 2.75) is 39.0 Å². The molecule has 0 aliphatic heterocycles. The minimum Gasteiger partial charge on any atom is -0.469 e. The van der Waals surface area contributed by atoms with Gasteiger partial charge in [-0.05, 0) is 25.1 Å². The van der Waals surface area contributed by atoms with Crippen LogP contribution in [-0.2, 0) is 6.42 Å². The van der Waals surface area contributed by atoms with Gasteiger partial charge in [0.15, 0.2) is 0 Å². The van der Waals surface area contributed by atoms with Crippen molar-refractivity contribution in [3.8, 4) is 0 Å². The number of furan rings is 1. The van der Waals surface area contributed by atoms with Crippen LogP contribution in [0.4, 0.5) is 0 Å². The molecule has 1 aromatic heterocycles. The fourth-order valence-electron chi connectivity index (χ4n) is 1.47. The first kappa shape index (κ1) is 11.3. The Morgan fingerprint density at radius 2 is 2.14 bits per heavy atom. The van der Waals surface area contributed by atoms with Gasteiger partial charge in [-0.1, -0.05) is 26.2 Å². The smallest absolute Gasteiger partial charge is 0.105 e. The highest BCUT2D eigenvalue weighted by Gasteiger charge is 1.94. The van der Waals surface area contributed by atoms with Gasteiger partial charge in [0.25, 0.3) is 0 Å². The third-order valence-corrected chi connectivity index (χ3v) is 2.34. The Hall–Kier alpha value is -0.760. The molecule has 80 valence electrons. The summed E-state index contributed by atoms with van der Waals surface area (Å²) >= 11 is 0. The third-order valence-electron chi connectivity index (χ3n) is 2.34. The summed E-state index contributed by atoms with van der Waals surface area (Å²) in [6, 6.07) is 3.97. The lowest BCUT2D eigenvalue weighted by molar-refractivity contribution is 0.496. The summed E-state index contributed by atoms with van der Waals surface area (Å²) in [7, 11) is 0. The van der Waals surface area contributed by atoms with E-state index in [2.05, 4.69) is 12.2 Å². The molecular weight excluding hydrogens is 174 g/mol. The van der Waals surface area contributed by atoms with E-state index in [-0.39, 0.29) is 0 Å². The minimum absolute atomic E-state index is 1.00. The summed E-state index contributed by atoms with van der Waals surface area (Å²) in [5.41, 5.74) is 0. The Balaban J connectivity index is 1.85. The van der Waals surface area contributed by atoms with E-state index in [1.54, 1.807) is 6.26 Å². The van der Waals surface area contributed by atoms with E-state index in [9.17, 15) is 0 Å². The quantitative estimate of drug-likeness (QED) is 0.645. The summed E-state index contributed by atoms with van der Waals surface area (Å²) in [6.45, 7) is 4.41. The Labute approximate surface area is 86.7 Å². The molecule has 0 aromatic carbocycles. The summed E-state index contributed by atoms with van der Waals surface area (Å²) in [6.07, 6.45) is 8.06. The van der Waals surface area contributed by atoms with E-state index in [4.69, 9.17) is 4.42 Å². The molecule has 0 aliphatic carbocycles. The average molecular weight is 195 g/mol. The first-order valence-corrected chi connectivity index (χ1v) is 5.66. The van der Waals surface area contributed by atoms with E-state index in [0.717, 1.165) is 25.3 Å². The minimum atomic E-state index is 1.00. The number of rotatable bonds is 8. The lowest BCUT2D eigenvalue weighted by Crippen LogP contribution is -2.18. The van der Waals surface area contributed by atoms with E-state index in [0.29, 0.717) is 0 Å². The van der Waals surface area contributed by atoms with Crippen molar-refractivity contribution in [1.29, 1.82) is 0 Å². The molecule has 1 aromatic rings. The van der Waals surface area contributed by atoms with Gasteiger partial charge in [-0.15, -0.1) is 0 Å². The van der Waals surface area contributed by atoms with Crippen molar-refractivity contribution in [2.75, 3.05) is 13.1 Å². The van der Waals surface area contributed by atoms with Crippen molar-refractivity contribution >= 4 is 0 Å². The maximum absolute atomic E-state index is 5.24. The highest BCUT2D eigenvalue weighted by molar-refractivity contribution is 4.98. The van der Waals surface area contributed by atoms with Crippen LogP contribution < -0.4 is 5.32 Å². The Morgan fingerprint density at radius 1 is 1.21 bits per heavy atom. The molecule has 14 heavy (non-hydrogen) atoms. The third kappa shape index (κ3) is 5.07. The monoisotopic (exact) mass is 195 g/mol. The topological polar surface area (TPSA) is 25.2 Å². The maximum Gasteiger partial charge on any atom is 0.105 e. The summed E-state index contributed by atoms with van der Waals surface area (Å²) in [5, 5.41) is 3.42. The Morgan fingerprint density at radius 3 is 2.86 bits per heavy atom. The molecule has 0 atom stereocenters. The lowest BCUT2D eigenvalue weighted by Gasteiger charge is -2.02. The fraction of sp³-hybridized carbons (Fsp3) is 0.667. The van der Waals surface area contributed by atoms with Crippen molar-refractivity contribution in [1.82, 2.24) is 5.32 Å². The maximum atomic E-state index is 5.24. The summed E-state index contributed by atoms with van der Waals surface area (Å²) in [4.78, 5) is 0. The molecule has 0 saturated heterocycles. The molecule has 1 heterocycles. The molecule has 0 spiro atoms. The van der Waals surface area contributed by atoms with Crippen LogP contribution in [-0.4, -0.2) is 13.1 Å². The zero-order valence-electron chi connectivity index (χ0n) is 9.09. The van der Waals surface area contributed by atoms with Crippen molar-refractivity contribution in [3.63, 3.8) is 0 Å². The fourth-order valence-corrected chi connectivity index (χ4v) is 1.47. The first-order chi connectivity index (χ1) is 6.93. The zero-order valence-corrected chi connectivity index (χ0v) is 9.09. The molecule has 0 aliphatic rings. The van der Waals surface area contributed by atoms with Crippen LogP contribution in [0, 0.1) is 0 Å². The van der Waals surface area contributed by atoms with Crippen molar-refractivity contribution in [2.24, 2.45) is 0 Å². The molecule has 2 heteroatoms. The summed E-state index contributed by atoms with van der Waals surface area (Å²) < 4.78 is 5.24. The van der Waals surface area contributed by atoms with Crippen LogP contribution >= 0.6 is 0 Å². The van der Waals surface area contributed by atoms with Gasteiger partial charge >= 0.3 is 0 Å². The zero-order chi connectivity index (χ0) is 10.1. The Kier molecular flexibility index (Phi) is 6.16. The number of hydrogen-bond acceptors (Lipinski definition) is 2. The van der Waals surface area contributed by atoms with Crippen LogP contribution in [0.3, 0.4) is 0 Å². The summed E-state index contributed by atoms with van der Waals surface area (Å²) in [5.74, 6) is 1.08. The van der Waals surface area contributed by atoms with Crippen molar-refractivity contribution < 1.29 is 4.42 Å². The van der Waals surface area contributed by atoms with E-state index >= 15 is 0 Å². The molecule has 2 nitrogen and oxygen atoms in total. The van der Waals surface area contributed by atoms with Gasteiger partial charge in [0.05, 0.1) is 6.26 Å². The highest BCUT2D eigenvalue weighted by Crippen LogP contribution is 2.00. The van der Waals surface area contributed by atoms with E-state index in [1.165, 1.54) is 25.7 Å². The standard InChI is InChI=1S/C12H21NO/c1-2-3-4-5-9-13-10-8-12-7-6-11-14-12/h6-7,11,13H,2-5,8-10H2,1H3. The van der Waals surface area contributed by atoms with Gasteiger partial charge in [-0.25, -0.2) is 0 Å². The molecule has 0 bridgehead atoms. The molecule has 0 unspecified atom stereocenters. The molecule has 1 N–H and O–H groups in total. The van der Waals surface area contributed by atoms with E-state index in [1.807, 2.05) is 12.1 Å². The predicted molar refractivity (Wildman–Crippen MR) is 59.4 cm³/mol. The van der Waals surface area contributed by atoms with Gasteiger partial charge in [-0.3, -0.25) is 0 Å². The molecular formula is C12H21NO. The largest absolute Gasteiger partial charge is 0.469 e. The van der Waals surface area contributed by atoms with Crippen LogP contribution in [0.1, 0.15) is 38.4 Å². The van der Waals surface area contributed by atoms with E-state index < -0.39 is 0 Å². The second-order valence-corrected chi connectivity index (χ2v) is 3.64. The first-order valence-electron chi connectivity index (χ1n) is 5.66. The number of nitrogens with one attached hydrogen (secondary N) is 1. The SMILES string of the molecule is CCCCCCNCCc1ccco1. The number of unbranched alkanes of at least 4 members (excludes halogenated alkanes) is 3. The molecule has 0 fully saturated rings. The number of hydrogen-bond donors (Lipinski definition) is 1. The van der Waals surface area contributed by atoms with Gasteiger partial charge in [-0.2, -0.15) is 0 Å². The van der Waals surface area contributed by atoms with Gasteiger partial charge in [0.1, 0.15) is 5.76 Å². The lowest BCUT2D eigenvalue weighted by atomic mass is 10.2. The van der Waals surface area contributed by atoms with Gasteiger partial charge < -0.3 is 9.73 Å². The highest BCUT2D eigenvalue weighted by atomic mass is 16.3. The van der Waals surface area contributed by atoms with Gasteiger partial charge in [0.2, 0.25) is 0 Å².